The number of aromatic amines is 1. The van der Waals surface area contributed by atoms with Gasteiger partial charge in [0.25, 0.3) is 10.0 Å². The van der Waals surface area contributed by atoms with Gasteiger partial charge in [-0.05, 0) is 30.5 Å². The molecular weight excluding hydrogens is 332 g/mol. The van der Waals surface area contributed by atoms with Gasteiger partial charge in [0, 0.05) is 18.2 Å². The van der Waals surface area contributed by atoms with Crippen molar-refractivity contribution >= 4 is 38.0 Å². The fourth-order valence-corrected chi connectivity index (χ4v) is 5.02. The molecule has 0 amide bonds. The molecule has 7 heteroatoms. The Kier molecular flexibility index (Phi) is 4.70. The SMILES string of the molecule is CCOCCN(c1cccc2cc[nH]c12)S(=O)(=O)c1cccs1. The van der Waals surface area contributed by atoms with E-state index in [1.807, 2.05) is 37.4 Å². The van der Waals surface area contributed by atoms with E-state index in [9.17, 15) is 8.42 Å². The van der Waals surface area contributed by atoms with Crippen LogP contribution in [-0.4, -0.2) is 33.2 Å². The van der Waals surface area contributed by atoms with E-state index in [1.54, 1.807) is 17.5 Å². The Morgan fingerprint density at radius 3 is 2.83 bits per heavy atom. The highest BCUT2D eigenvalue weighted by atomic mass is 32.2. The molecule has 3 rings (SSSR count). The van der Waals surface area contributed by atoms with Crippen LogP contribution in [0.25, 0.3) is 10.9 Å². The third-order valence-electron chi connectivity index (χ3n) is 3.52. The van der Waals surface area contributed by atoms with Crippen LogP contribution in [0.15, 0.2) is 52.2 Å². The third-order valence-corrected chi connectivity index (χ3v) is 6.70. The van der Waals surface area contributed by atoms with Gasteiger partial charge >= 0.3 is 0 Å². The number of benzene rings is 1. The number of fused-ring (bicyclic) bond motifs is 1. The van der Waals surface area contributed by atoms with Crippen LogP contribution in [0.4, 0.5) is 5.69 Å². The Bertz CT molecular complexity index is 870. The van der Waals surface area contributed by atoms with Gasteiger partial charge in [-0.1, -0.05) is 18.2 Å². The lowest BCUT2D eigenvalue weighted by atomic mass is 10.2. The lowest BCUT2D eigenvalue weighted by molar-refractivity contribution is 0.156. The summed E-state index contributed by atoms with van der Waals surface area (Å²) in [6.07, 6.45) is 1.81. The second kappa shape index (κ2) is 6.74. The summed E-state index contributed by atoms with van der Waals surface area (Å²) in [5.74, 6) is 0. The van der Waals surface area contributed by atoms with Gasteiger partial charge in [0.15, 0.2) is 0 Å². The largest absolute Gasteiger partial charge is 0.380 e. The Morgan fingerprint density at radius 2 is 2.09 bits per heavy atom. The van der Waals surface area contributed by atoms with Gasteiger partial charge in [-0.3, -0.25) is 4.31 Å². The second-order valence-electron chi connectivity index (χ2n) is 4.93. The number of aromatic nitrogens is 1. The second-order valence-corrected chi connectivity index (χ2v) is 7.96. The number of sulfonamides is 1. The summed E-state index contributed by atoms with van der Waals surface area (Å²) in [5, 5.41) is 2.74. The molecule has 2 aromatic heterocycles. The summed E-state index contributed by atoms with van der Waals surface area (Å²) in [6.45, 7) is 3.06. The number of hydrogen-bond acceptors (Lipinski definition) is 4. The highest BCUT2D eigenvalue weighted by Crippen LogP contribution is 2.31. The molecule has 0 saturated carbocycles. The van der Waals surface area contributed by atoms with Gasteiger partial charge < -0.3 is 9.72 Å². The maximum atomic E-state index is 13.0. The number of nitrogens with zero attached hydrogens (tertiary/aromatic N) is 1. The molecule has 122 valence electrons. The molecular formula is C16H18N2O3S2. The molecule has 1 aromatic carbocycles. The predicted octanol–water partition coefficient (Wildman–Crippen LogP) is 3.46. The van der Waals surface area contributed by atoms with Crippen LogP contribution in [0.3, 0.4) is 0 Å². The third kappa shape index (κ3) is 3.12. The van der Waals surface area contributed by atoms with Crippen LogP contribution in [-0.2, 0) is 14.8 Å². The summed E-state index contributed by atoms with van der Waals surface area (Å²) < 4.78 is 33.2. The maximum Gasteiger partial charge on any atom is 0.273 e. The van der Waals surface area contributed by atoms with Crippen LogP contribution < -0.4 is 4.31 Å². The van der Waals surface area contributed by atoms with Gasteiger partial charge in [0.1, 0.15) is 4.21 Å². The number of ether oxygens (including phenoxy) is 1. The summed E-state index contributed by atoms with van der Waals surface area (Å²) in [7, 11) is -3.61. The van der Waals surface area contributed by atoms with Gasteiger partial charge in [-0.2, -0.15) is 0 Å². The Balaban J connectivity index is 2.07. The molecule has 0 spiro atoms. The van der Waals surface area contributed by atoms with E-state index in [-0.39, 0.29) is 6.54 Å². The minimum absolute atomic E-state index is 0.270. The quantitative estimate of drug-likeness (QED) is 0.664. The topological polar surface area (TPSA) is 62.4 Å². The molecule has 0 aliphatic carbocycles. The summed E-state index contributed by atoms with van der Waals surface area (Å²) >= 11 is 1.22. The average Bonchev–Trinajstić information content (AvgIpc) is 3.21. The van der Waals surface area contributed by atoms with Crippen molar-refractivity contribution in [2.24, 2.45) is 0 Å². The van der Waals surface area contributed by atoms with Crippen molar-refractivity contribution in [1.82, 2.24) is 4.98 Å². The molecule has 0 fully saturated rings. The van der Waals surface area contributed by atoms with Crippen LogP contribution in [0.1, 0.15) is 6.92 Å². The number of H-pyrrole nitrogens is 1. The number of anilines is 1. The molecule has 0 unspecified atom stereocenters. The predicted molar refractivity (Wildman–Crippen MR) is 93.6 cm³/mol. The van der Waals surface area contributed by atoms with Crippen LogP contribution in [0, 0.1) is 0 Å². The fourth-order valence-electron chi connectivity index (χ4n) is 2.46. The molecule has 0 aliphatic heterocycles. The lowest BCUT2D eigenvalue weighted by Gasteiger charge is -2.24. The smallest absolute Gasteiger partial charge is 0.273 e. The minimum Gasteiger partial charge on any atom is -0.380 e. The zero-order chi connectivity index (χ0) is 16.3. The number of rotatable bonds is 7. The number of thiophene rings is 1. The molecule has 0 saturated heterocycles. The standard InChI is InChI=1S/C16H18N2O3S2/c1-2-21-11-10-18(23(19,20)15-7-4-12-22-15)14-6-3-5-13-8-9-17-16(13)14/h3-9,12,17H,2,10-11H2,1H3. The van der Waals surface area contributed by atoms with E-state index in [4.69, 9.17) is 4.74 Å². The first-order chi connectivity index (χ1) is 11.1. The van der Waals surface area contributed by atoms with Gasteiger partial charge in [-0.25, -0.2) is 8.42 Å². The van der Waals surface area contributed by atoms with Crippen LogP contribution in [0.2, 0.25) is 0 Å². The summed E-state index contributed by atoms with van der Waals surface area (Å²) in [6, 6.07) is 10.9. The van der Waals surface area contributed by atoms with Crippen LogP contribution >= 0.6 is 11.3 Å². The van der Waals surface area contributed by atoms with E-state index >= 15 is 0 Å². The van der Waals surface area contributed by atoms with E-state index in [0.29, 0.717) is 23.1 Å². The van der Waals surface area contributed by atoms with Crippen LogP contribution in [0.5, 0.6) is 0 Å². The average molecular weight is 350 g/mol. The molecule has 0 bridgehead atoms. The lowest BCUT2D eigenvalue weighted by Crippen LogP contribution is -2.34. The first kappa shape index (κ1) is 16.0. The number of hydrogen-bond donors (Lipinski definition) is 1. The monoisotopic (exact) mass is 350 g/mol. The number of nitrogens with one attached hydrogen (secondary N) is 1. The molecule has 2 heterocycles. The van der Waals surface area contributed by atoms with Crippen molar-refractivity contribution in [3.05, 3.63) is 48.0 Å². The normalized spacial score (nSPS) is 11.9. The molecule has 0 aliphatic rings. The van der Waals surface area contributed by atoms with Gasteiger partial charge in [0.2, 0.25) is 0 Å². The molecule has 5 nitrogen and oxygen atoms in total. The highest BCUT2D eigenvalue weighted by Gasteiger charge is 2.27. The van der Waals surface area contributed by atoms with Crippen molar-refractivity contribution in [3.8, 4) is 0 Å². The molecule has 1 N–H and O–H groups in total. The summed E-state index contributed by atoms with van der Waals surface area (Å²) in [4.78, 5) is 3.13. The van der Waals surface area contributed by atoms with E-state index in [0.717, 1.165) is 10.9 Å². The maximum absolute atomic E-state index is 13.0. The molecule has 0 atom stereocenters. The van der Waals surface area contributed by atoms with Crippen molar-refractivity contribution in [1.29, 1.82) is 0 Å². The van der Waals surface area contributed by atoms with Crippen molar-refractivity contribution < 1.29 is 13.2 Å². The zero-order valence-electron chi connectivity index (χ0n) is 12.7. The fraction of sp³-hybridized carbons (Fsp3) is 0.250. The molecule has 0 radical (unpaired) electrons. The first-order valence-corrected chi connectivity index (χ1v) is 9.66. The zero-order valence-corrected chi connectivity index (χ0v) is 14.4. The van der Waals surface area contributed by atoms with E-state index in [1.165, 1.54) is 15.6 Å². The van der Waals surface area contributed by atoms with Crippen molar-refractivity contribution in [3.63, 3.8) is 0 Å². The molecule has 3 aromatic rings. The Hall–Kier alpha value is -1.83. The van der Waals surface area contributed by atoms with Crippen molar-refractivity contribution in [2.75, 3.05) is 24.1 Å². The van der Waals surface area contributed by atoms with Crippen molar-refractivity contribution in [2.45, 2.75) is 11.1 Å². The van der Waals surface area contributed by atoms with Gasteiger partial charge in [-0.15, -0.1) is 11.3 Å². The van der Waals surface area contributed by atoms with E-state index in [2.05, 4.69) is 4.98 Å². The van der Waals surface area contributed by atoms with Gasteiger partial charge in [0.05, 0.1) is 24.4 Å². The number of para-hydroxylation sites is 1. The Labute approximate surface area is 139 Å². The molecule has 23 heavy (non-hydrogen) atoms. The Morgan fingerprint density at radius 1 is 1.22 bits per heavy atom. The van der Waals surface area contributed by atoms with E-state index < -0.39 is 10.0 Å². The highest BCUT2D eigenvalue weighted by molar-refractivity contribution is 7.94. The minimum atomic E-state index is -3.61. The first-order valence-electron chi connectivity index (χ1n) is 7.34. The summed E-state index contributed by atoms with van der Waals surface area (Å²) in [5.41, 5.74) is 1.45.